The van der Waals surface area contributed by atoms with E-state index in [4.69, 9.17) is 11.6 Å². The highest BCUT2D eigenvalue weighted by Crippen LogP contribution is 2.23. The largest absolute Gasteiger partial charge is 0.305 e. The Hall–Kier alpha value is -0.620. The van der Waals surface area contributed by atoms with E-state index in [1.165, 1.54) is 13.2 Å². The highest BCUT2D eigenvalue weighted by Gasteiger charge is 2.15. The van der Waals surface area contributed by atoms with Crippen LogP contribution in [0, 0.1) is 0 Å². The van der Waals surface area contributed by atoms with E-state index in [2.05, 4.69) is 10.3 Å². The summed E-state index contributed by atoms with van der Waals surface area (Å²) in [4.78, 5) is 4.89. The Morgan fingerprint density at radius 3 is 2.67 bits per heavy atom. The third-order valence-electron chi connectivity index (χ3n) is 1.87. The van der Waals surface area contributed by atoms with Crippen LogP contribution in [0.1, 0.15) is 5.56 Å². The van der Waals surface area contributed by atoms with Crippen LogP contribution in [0.15, 0.2) is 23.1 Å². The maximum atomic E-state index is 11.4. The summed E-state index contributed by atoms with van der Waals surface area (Å²) in [5.41, 5.74) is 3.09. The molecule has 0 saturated carbocycles. The molecule has 0 unspecified atom stereocenters. The predicted molar refractivity (Wildman–Crippen MR) is 58.4 cm³/mol. The Morgan fingerprint density at radius 1 is 1.47 bits per heavy atom. The minimum Gasteiger partial charge on any atom is -0.305 e. The van der Waals surface area contributed by atoms with E-state index in [0.717, 1.165) is 6.26 Å². The number of halogens is 1. The van der Waals surface area contributed by atoms with Gasteiger partial charge in [0.2, 0.25) is 0 Å². The molecule has 0 aliphatic rings. The van der Waals surface area contributed by atoms with Crippen LogP contribution in [-0.4, -0.2) is 21.8 Å². The fraction of sp³-hybridized carbons (Fsp3) is 0.333. The molecule has 0 radical (unpaired) electrons. The number of hydroxylamine groups is 1. The fourth-order valence-corrected chi connectivity index (χ4v) is 2.46. The normalized spacial score (nSPS) is 11.7. The summed E-state index contributed by atoms with van der Waals surface area (Å²) < 4.78 is 22.9. The molecule has 0 aromatic heterocycles. The van der Waals surface area contributed by atoms with Crippen molar-refractivity contribution < 1.29 is 13.3 Å². The molecule has 15 heavy (non-hydrogen) atoms. The van der Waals surface area contributed by atoms with E-state index in [1.54, 1.807) is 12.1 Å². The van der Waals surface area contributed by atoms with Gasteiger partial charge in [0.1, 0.15) is 0 Å². The highest BCUT2D eigenvalue weighted by atomic mass is 35.5. The van der Waals surface area contributed by atoms with Crippen molar-refractivity contribution in [1.29, 1.82) is 0 Å². The molecule has 0 amide bonds. The minimum absolute atomic E-state index is 0.222. The van der Waals surface area contributed by atoms with Gasteiger partial charge < -0.3 is 4.84 Å². The number of sulfone groups is 1. The molecule has 84 valence electrons. The fourth-order valence-electron chi connectivity index (χ4n) is 1.20. The second-order valence-electron chi connectivity index (χ2n) is 3.01. The van der Waals surface area contributed by atoms with Gasteiger partial charge in [0.05, 0.1) is 12.0 Å². The summed E-state index contributed by atoms with van der Waals surface area (Å²) in [6, 6.07) is 4.77. The van der Waals surface area contributed by atoms with Gasteiger partial charge in [-0.05, 0) is 12.1 Å². The van der Waals surface area contributed by atoms with Gasteiger partial charge in [0, 0.05) is 23.4 Å². The average molecular weight is 250 g/mol. The van der Waals surface area contributed by atoms with Gasteiger partial charge in [-0.1, -0.05) is 17.7 Å². The van der Waals surface area contributed by atoms with Gasteiger partial charge in [0.15, 0.2) is 9.84 Å². The average Bonchev–Trinajstić information content (AvgIpc) is 2.14. The van der Waals surface area contributed by atoms with Crippen LogP contribution in [0.2, 0.25) is 5.02 Å². The van der Waals surface area contributed by atoms with E-state index in [9.17, 15) is 8.42 Å². The van der Waals surface area contributed by atoms with Gasteiger partial charge in [-0.25, -0.2) is 8.42 Å². The second-order valence-corrected chi connectivity index (χ2v) is 5.41. The lowest BCUT2D eigenvalue weighted by Gasteiger charge is -2.09. The Kier molecular flexibility index (Phi) is 4.10. The smallest absolute Gasteiger partial charge is 0.175 e. The standard InChI is InChI=1S/C9H12ClNO3S/c1-14-11-6-7-8(10)4-3-5-9(7)15(2,12)13/h3-5,11H,6H2,1-2H3. The van der Waals surface area contributed by atoms with Crippen LogP contribution in [-0.2, 0) is 21.2 Å². The van der Waals surface area contributed by atoms with E-state index in [0.29, 0.717) is 10.6 Å². The lowest BCUT2D eigenvalue weighted by atomic mass is 10.2. The summed E-state index contributed by atoms with van der Waals surface area (Å²) in [5, 5.41) is 0.405. The molecule has 0 aliphatic heterocycles. The van der Waals surface area contributed by atoms with Crippen molar-refractivity contribution in [2.24, 2.45) is 0 Å². The van der Waals surface area contributed by atoms with Crippen LogP contribution in [0.5, 0.6) is 0 Å². The lowest BCUT2D eigenvalue weighted by Crippen LogP contribution is -2.14. The van der Waals surface area contributed by atoms with Gasteiger partial charge >= 0.3 is 0 Å². The number of nitrogens with one attached hydrogen (secondary N) is 1. The number of rotatable bonds is 4. The first-order chi connectivity index (χ1) is 6.96. The van der Waals surface area contributed by atoms with Crippen molar-refractivity contribution in [2.75, 3.05) is 13.4 Å². The SMILES string of the molecule is CONCc1c(Cl)cccc1S(C)(=O)=O. The summed E-state index contributed by atoms with van der Waals surface area (Å²) in [7, 11) is -1.81. The molecule has 0 spiro atoms. The maximum absolute atomic E-state index is 11.4. The Bertz CT molecular complexity index is 445. The molecule has 0 saturated heterocycles. The summed E-state index contributed by atoms with van der Waals surface area (Å²) in [5.74, 6) is 0. The Morgan fingerprint density at radius 2 is 2.13 bits per heavy atom. The van der Waals surface area contributed by atoms with E-state index < -0.39 is 9.84 Å². The molecule has 0 bridgehead atoms. The Labute approximate surface area is 94.1 Å². The van der Waals surface area contributed by atoms with Gasteiger partial charge in [-0.2, -0.15) is 5.48 Å². The summed E-state index contributed by atoms with van der Waals surface area (Å²) in [6.07, 6.45) is 1.15. The first-order valence-electron chi connectivity index (χ1n) is 4.20. The zero-order chi connectivity index (χ0) is 11.5. The second kappa shape index (κ2) is 4.94. The number of hydrogen-bond donors (Lipinski definition) is 1. The molecule has 1 aromatic carbocycles. The van der Waals surface area contributed by atoms with E-state index >= 15 is 0 Å². The topological polar surface area (TPSA) is 55.4 Å². The molecular weight excluding hydrogens is 238 g/mol. The van der Waals surface area contributed by atoms with Crippen LogP contribution >= 0.6 is 11.6 Å². The van der Waals surface area contributed by atoms with Crippen molar-refractivity contribution in [3.8, 4) is 0 Å². The zero-order valence-corrected chi connectivity index (χ0v) is 10.0. The van der Waals surface area contributed by atoms with Crippen LogP contribution < -0.4 is 5.48 Å². The monoisotopic (exact) mass is 249 g/mol. The van der Waals surface area contributed by atoms with Gasteiger partial charge in [-0.3, -0.25) is 0 Å². The quantitative estimate of drug-likeness (QED) is 0.820. The first kappa shape index (κ1) is 12.4. The number of benzene rings is 1. The van der Waals surface area contributed by atoms with E-state index in [-0.39, 0.29) is 11.4 Å². The summed E-state index contributed by atoms with van der Waals surface area (Å²) >= 11 is 5.91. The molecule has 0 atom stereocenters. The van der Waals surface area contributed by atoms with Crippen molar-refractivity contribution in [2.45, 2.75) is 11.4 Å². The zero-order valence-electron chi connectivity index (χ0n) is 8.45. The molecule has 0 aliphatic carbocycles. The molecule has 6 heteroatoms. The van der Waals surface area contributed by atoms with Gasteiger partial charge in [0.25, 0.3) is 0 Å². The Balaban J connectivity index is 3.21. The molecule has 4 nitrogen and oxygen atoms in total. The summed E-state index contributed by atoms with van der Waals surface area (Å²) in [6.45, 7) is 0.249. The van der Waals surface area contributed by atoms with Crippen LogP contribution in [0.3, 0.4) is 0 Å². The third kappa shape index (κ3) is 3.17. The highest BCUT2D eigenvalue weighted by molar-refractivity contribution is 7.90. The van der Waals surface area contributed by atoms with Crippen LogP contribution in [0.4, 0.5) is 0 Å². The van der Waals surface area contributed by atoms with Crippen molar-refractivity contribution in [1.82, 2.24) is 5.48 Å². The molecule has 0 heterocycles. The molecule has 1 N–H and O–H groups in total. The van der Waals surface area contributed by atoms with Gasteiger partial charge in [-0.15, -0.1) is 0 Å². The van der Waals surface area contributed by atoms with Crippen LogP contribution in [0.25, 0.3) is 0 Å². The van der Waals surface area contributed by atoms with Crippen molar-refractivity contribution >= 4 is 21.4 Å². The minimum atomic E-state index is -3.27. The van der Waals surface area contributed by atoms with Crippen molar-refractivity contribution in [3.63, 3.8) is 0 Å². The molecule has 1 aromatic rings. The maximum Gasteiger partial charge on any atom is 0.175 e. The molecule has 1 rings (SSSR count). The van der Waals surface area contributed by atoms with Crippen molar-refractivity contribution in [3.05, 3.63) is 28.8 Å². The molecular formula is C9H12ClNO3S. The number of hydrogen-bond acceptors (Lipinski definition) is 4. The first-order valence-corrected chi connectivity index (χ1v) is 6.47. The predicted octanol–water partition coefficient (Wildman–Crippen LogP) is 1.39. The molecule has 0 fully saturated rings. The third-order valence-corrected chi connectivity index (χ3v) is 3.40. The lowest BCUT2D eigenvalue weighted by molar-refractivity contribution is 0.0862. The van der Waals surface area contributed by atoms with E-state index in [1.807, 2.05) is 0 Å².